The number of amides is 1. The summed E-state index contributed by atoms with van der Waals surface area (Å²) in [6.45, 7) is 0.630. The molecule has 8 nitrogen and oxygen atoms in total. The Bertz CT molecular complexity index is 1340. The van der Waals surface area contributed by atoms with E-state index in [1.165, 1.54) is 18.2 Å². The third-order valence-corrected chi connectivity index (χ3v) is 5.75. The maximum Gasteiger partial charge on any atom is 0.573 e. The van der Waals surface area contributed by atoms with Gasteiger partial charge in [0.1, 0.15) is 5.75 Å². The average Bonchev–Trinajstić information content (AvgIpc) is 3.50. The molecule has 2 aromatic heterocycles. The van der Waals surface area contributed by atoms with Crippen LogP contribution in [0.1, 0.15) is 41.5 Å². The summed E-state index contributed by atoms with van der Waals surface area (Å²) in [5, 5.41) is 15.4. The number of halogens is 3. The van der Waals surface area contributed by atoms with Gasteiger partial charge < -0.3 is 14.8 Å². The van der Waals surface area contributed by atoms with E-state index in [-0.39, 0.29) is 18.3 Å². The number of ether oxygens (including phenoxy) is 2. The highest BCUT2D eigenvalue weighted by atomic mass is 19.4. The van der Waals surface area contributed by atoms with Gasteiger partial charge in [-0.2, -0.15) is 10.2 Å². The van der Waals surface area contributed by atoms with Crippen LogP contribution in [0.25, 0.3) is 22.2 Å². The molecule has 11 heteroatoms. The number of carbonyl (C=O) groups is 1. The largest absolute Gasteiger partial charge is 0.573 e. The Balaban J connectivity index is 1.42. The highest BCUT2D eigenvalue weighted by molar-refractivity contribution is 5.97. The summed E-state index contributed by atoms with van der Waals surface area (Å²) in [7, 11) is 0. The van der Waals surface area contributed by atoms with E-state index in [1.54, 1.807) is 10.9 Å². The maximum atomic E-state index is 12.7. The van der Waals surface area contributed by atoms with Crippen molar-refractivity contribution in [3.8, 4) is 17.0 Å². The van der Waals surface area contributed by atoms with Crippen molar-refractivity contribution in [2.75, 3.05) is 6.61 Å². The van der Waals surface area contributed by atoms with Crippen LogP contribution in [0.2, 0.25) is 0 Å². The highest BCUT2D eigenvalue weighted by Crippen LogP contribution is 2.33. The van der Waals surface area contributed by atoms with E-state index >= 15 is 0 Å². The number of nitrogens with one attached hydrogen (secondary N) is 2. The van der Waals surface area contributed by atoms with Crippen LogP contribution < -0.4 is 10.1 Å². The van der Waals surface area contributed by atoms with Gasteiger partial charge in [0.15, 0.2) is 6.23 Å². The Morgan fingerprint density at radius 1 is 1.20 bits per heavy atom. The number of rotatable bonds is 6. The first kappa shape index (κ1) is 22.9. The van der Waals surface area contributed by atoms with Crippen LogP contribution in [-0.4, -0.2) is 38.9 Å². The zero-order chi connectivity index (χ0) is 24.4. The number of aromatic nitrogens is 4. The number of fused-ring (bicyclic) bond motifs is 1. The third kappa shape index (κ3) is 4.99. The Morgan fingerprint density at radius 3 is 2.86 bits per heavy atom. The molecule has 35 heavy (non-hydrogen) atoms. The molecular formula is C24H22F3N5O3. The highest BCUT2D eigenvalue weighted by Gasteiger charge is 2.33. The number of carbonyl (C=O) groups excluding carboxylic acids is 1. The first-order chi connectivity index (χ1) is 16.9. The van der Waals surface area contributed by atoms with Gasteiger partial charge >= 0.3 is 6.36 Å². The lowest BCUT2D eigenvalue weighted by molar-refractivity contribution is -0.274. The van der Waals surface area contributed by atoms with Crippen LogP contribution in [0.4, 0.5) is 13.2 Å². The van der Waals surface area contributed by atoms with Crippen molar-refractivity contribution in [3.63, 3.8) is 0 Å². The second-order valence-electron chi connectivity index (χ2n) is 8.15. The number of alkyl halides is 3. The molecule has 4 aromatic rings. The fourth-order valence-electron chi connectivity index (χ4n) is 4.19. The van der Waals surface area contributed by atoms with Gasteiger partial charge in [-0.05, 0) is 37.5 Å². The maximum absolute atomic E-state index is 12.7. The van der Waals surface area contributed by atoms with Gasteiger partial charge in [0, 0.05) is 17.6 Å². The van der Waals surface area contributed by atoms with E-state index in [0.717, 1.165) is 47.5 Å². The minimum atomic E-state index is -4.91. The molecule has 5 rings (SSSR count). The lowest BCUT2D eigenvalue weighted by Gasteiger charge is -2.24. The molecule has 0 radical (unpaired) electrons. The van der Waals surface area contributed by atoms with Gasteiger partial charge in [0.25, 0.3) is 5.91 Å². The predicted octanol–water partition coefficient (Wildman–Crippen LogP) is 4.95. The SMILES string of the molecule is O=C(NCc1cc(-c2cccc3cn[nH]c23)n(C2CCCCO2)n1)c1ccccc1OC(F)(F)F. The molecular weight excluding hydrogens is 463 g/mol. The van der Waals surface area contributed by atoms with Crippen LogP contribution in [0.15, 0.2) is 54.7 Å². The molecule has 182 valence electrons. The predicted molar refractivity (Wildman–Crippen MR) is 120 cm³/mol. The lowest BCUT2D eigenvalue weighted by atomic mass is 10.1. The summed E-state index contributed by atoms with van der Waals surface area (Å²) < 4.78 is 49.9. The lowest BCUT2D eigenvalue weighted by Crippen LogP contribution is -2.26. The number of hydrogen-bond acceptors (Lipinski definition) is 5. The molecule has 0 spiro atoms. The van der Waals surface area contributed by atoms with Gasteiger partial charge in [-0.15, -0.1) is 13.2 Å². The summed E-state index contributed by atoms with van der Waals surface area (Å²) >= 11 is 0. The van der Waals surface area contributed by atoms with E-state index in [1.807, 2.05) is 24.3 Å². The fraction of sp³-hybridized carbons (Fsp3) is 0.292. The Kier molecular flexibility index (Phi) is 6.16. The summed E-state index contributed by atoms with van der Waals surface area (Å²) in [6.07, 6.45) is -0.661. The van der Waals surface area contributed by atoms with E-state index < -0.39 is 18.0 Å². The van der Waals surface area contributed by atoms with Gasteiger partial charge in [0.05, 0.1) is 35.2 Å². The van der Waals surface area contributed by atoms with Crippen LogP contribution in [-0.2, 0) is 11.3 Å². The van der Waals surface area contributed by atoms with Crippen LogP contribution in [0.5, 0.6) is 5.75 Å². The van der Waals surface area contributed by atoms with Crippen molar-refractivity contribution in [1.82, 2.24) is 25.3 Å². The molecule has 0 bridgehead atoms. The molecule has 1 saturated heterocycles. The summed E-state index contributed by atoms with van der Waals surface area (Å²) in [4.78, 5) is 12.7. The van der Waals surface area contributed by atoms with Crippen LogP contribution in [0.3, 0.4) is 0 Å². The number of para-hydroxylation sites is 2. The van der Waals surface area contributed by atoms with Gasteiger partial charge in [0.2, 0.25) is 0 Å². The quantitative estimate of drug-likeness (QED) is 0.403. The number of aromatic amines is 1. The number of hydrogen-bond donors (Lipinski definition) is 2. The standard InChI is InChI=1S/C24H22F3N5O3/c25-24(26,27)35-20-9-2-1-7-18(20)23(33)28-14-16-12-19(32(31-16)21-10-3-4-11-34-21)17-8-5-6-15-13-29-30-22(15)17/h1-2,5-9,12-13,21H,3-4,10-11,14H2,(H,28,33)(H,29,30). The molecule has 1 unspecified atom stereocenters. The molecule has 1 aliphatic rings. The number of benzene rings is 2. The number of H-pyrrole nitrogens is 1. The Labute approximate surface area is 198 Å². The van der Waals surface area contributed by atoms with E-state index in [4.69, 9.17) is 4.74 Å². The third-order valence-electron chi connectivity index (χ3n) is 5.75. The molecule has 1 fully saturated rings. The van der Waals surface area contributed by atoms with Crippen molar-refractivity contribution in [1.29, 1.82) is 0 Å². The van der Waals surface area contributed by atoms with E-state index in [2.05, 4.69) is 25.3 Å². The molecule has 2 aromatic carbocycles. The molecule has 1 atom stereocenters. The Hall–Kier alpha value is -3.86. The first-order valence-electron chi connectivity index (χ1n) is 11.1. The van der Waals surface area contributed by atoms with Gasteiger partial charge in [-0.3, -0.25) is 9.89 Å². The summed E-state index contributed by atoms with van der Waals surface area (Å²) in [5.41, 5.74) is 2.83. The van der Waals surface area contributed by atoms with Crippen molar-refractivity contribution >= 4 is 16.8 Å². The molecule has 0 aliphatic carbocycles. The summed E-state index contributed by atoms with van der Waals surface area (Å²) in [6, 6.07) is 12.9. The molecule has 1 amide bonds. The topological polar surface area (TPSA) is 94.1 Å². The van der Waals surface area contributed by atoms with E-state index in [0.29, 0.717) is 12.3 Å². The number of nitrogens with zero attached hydrogens (tertiary/aromatic N) is 3. The van der Waals surface area contributed by atoms with Crippen molar-refractivity contribution < 1.29 is 27.4 Å². The Morgan fingerprint density at radius 2 is 2.06 bits per heavy atom. The van der Waals surface area contributed by atoms with Gasteiger partial charge in [-0.25, -0.2) is 4.68 Å². The minimum Gasteiger partial charge on any atom is -0.405 e. The monoisotopic (exact) mass is 485 g/mol. The van der Waals surface area contributed by atoms with Gasteiger partial charge in [-0.1, -0.05) is 30.3 Å². The van der Waals surface area contributed by atoms with Crippen LogP contribution >= 0.6 is 0 Å². The molecule has 3 heterocycles. The van der Waals surface area contributed by atoms with Crippen molar-refractivity contribution in [3.05, 3.63) is 66.0 Å². The first-order valence-corrected chi connectivity index (χ1v) is 11.1. The fourth-order valence-corrected chi connectivity index (χ4v) is 4.19. The van der Waals surface area contributed by atoms with Crippen molar-refractivity contribution in [2.24, 2.45) is 0 Å². The van der Waals surface area contributed by atoms with E-state index in [9.17, 15) is 18.0 Å². The molecule has 2 N–H and O–H groups in total. The van der Waals surface area contributed by atoms with Crippen LogP contribution in [0, 0.1) is 0 Å². The zero-order valence-electron chi connectivity index (χ0n) is 18.5. The average molecular weight is 485 g/mol. The van der Waals surface area contributed by atoms with Crippen molar-refractivity contribution in [2.45, 2.75) is 38.4 Å². The summed E-state index contributed by atoms with van der Waals surface area (Å²) in [5.74, 6) is -1.27. The zero-order valence-corrected chi connectivity index (χ0v) is 18.5. The normalized spacial score (nSPS) is 16.4. The second-order valence-corrected chi connectivity index (χ2v) is 8.15. The molecule has 0 saturated carbocycles. The minimum absolute atomic E-state index is 0.00482. The molecule has 1 aliphatic heterocycles. The smallest absolute Gasteiger partial charge is 0.405 e. The second kappa shape index (κ2) is 9.41.